The standard InChI is InChI=1S/C14H13ClFN3O/c1-8(9-2-4-10(16)5-3-9)19-14(20)12-6-11(17)7-18-13(12)15/h2-8H,17H2,1H3,(H,19,20). The van der Waals surface area contributed by atoms with Crippen molar-refractivity contribution in [3.8, 4) is 0 Å². The zero-order valence-electron chi connectivity index (χ0n) is 10.7. The SMILES string of the molecule is CC(NC(=O)c1cc(N)cnc1Cl)c1ccc(F)cc1. The predicted molar refractivity (Wildman–Crippen MR) is 75.9 cm³/mol. The number of nitrogens with one attached hydrogen (secondary N) is 1. The Labute approximate surface area is 120 Å². The Balaban J connectivity index is 2.15. The topological polar surface area (TPSA) is 68.0 Å². The average Bonchev–Trinajstić information content (AvgIpc) is 2.42. The molecule has 1 aromatic heterocycles. The molecule has 20 heavy (non-hydrogen) atoms. The second-order valence-electron chi connectivity index (χ2n) is 4.35. The molecule has 104 valence electrons. The normalized spacial score (nSPS) is 11.9. The summed E-state index contributed by atoms with van der Waals surface area (Å²) in [6, 6.07) is 7.07. The van der Waals surface area contributed by atoms with Crippen LogP contribution in [0.4, 0.5) is 10.1 Å². The highest BCUT2D eigenvalue weighted by atomic mass is 35.5. The van der Waals surface area contributed by atoms with E-state index < -0.39 is 0 Å². The van der Waals surface area contributed by atoms with Crippen LogP contribution in [0.15, 0.2) is 36.5 Å². The second kappa shape index (κ2) is 5.88. The number of hydrogen-bond acceptors (Lipinski definition) is 3. The van der Waals surface area contributed by atoms with Gasteiger partial charge in [-0.15, -0.1) is 0 Å². The third kappa shape index (κ3) is 3.24. The first kappa shape index (κ1) is 14.3. The van der Waals surface area contributed by atoms with E-state index in [4.69, 9.17) is 17.3 Å². The minimum absolute atomic E-state index is 0.0861. The summed E-state index contributed by atoms with van der Waals surface area (Å²) in [5.74, 6) is -0.707. The summed E-state index contributed by atoms with van der Waals surface area (Å²) in [6.07, 6.45) is 1.38. The predicted octanol–water partition coefficient (Wildman–Crippen LogP) is 2.95. The van der Waals surface area contributed by atoms with Crippen LogP contribution in [-0.4, -0.2) is 10.9 Å². The van der Waals surface area contributed by atoms with E-state index in [-0.39, 0.29) is 28.5 Å². The van der Waals surface area contributed by atoms with Gasteiger partial charge in [0.25, 0.3) is 5.91 Å². The van der Waals surface area contributed by atoms with Crippen LogP contribution in [0.1, 0.15) is 28.9 Å². The highest BCUT2D eigenvalue weighted by Crippen LogP contribution is 2.18. The lowest BCUT2D eigenvalue weighted by molar-refractivity contribution is 0.0939. The van der Waals surface area contributed by atoms with Crippen LogP contribution in [0.5, 0.6) is 0 Å². The van der Waals surface area contributed by atoms with Crippen molar-refractivity contribution in [1.82, 2.24) is 10.3 Å². The highest BCUT2D eigenvalue weighted by Gasteiger charge is 2.15. The monoisotopic (exact) mass is 293 g/mol. The third-order valence-electron chi connectivity index (χ3n) is 2.82. The van der Waals surface area contributed by atoms with Crippen molar-refractivity contribution in [2.75, 3.05) is 5.73 Å². The number of rotatable bonds is 3. The molecule has 0 aliphatic rings. The molecule has 6 heteroatoms. The lowest BCUT2D eigenvalue weighted by atomic mass is 10.1. The number of halogens is 2. The molecule has 0 saturated heterocycles. The number of nitrogens with zero attached hydrogens (tertiary/aromatic N) is 1. The summed E-state index contributed by atoms with van der Waals surface area (Å²) in [7, 11) is 0. The van der Waals surface area contributed by atoms with E-state index in [1.54, 1.807) is 19.1 Å². The number of nitrogens with two attached hydrogens (primary N) is 1. The van der Waals surface area contributed by atoms with Gasteiger partial charge in [0.15, 0.2) is 0 Å². The molecule has 3 N–H and O–H groups in total. The molecule has 0 fully saturated rings. The number of hydrogen-bond donors (Lipinski definition) is 2. The van der Waals surface area contributed by atoms with E-state index in [0.717, 1.165) is 5.56 Å². The van der Waals surface area contributed by atoms with E-state index in [1.165, 1.54) is 24.4 Å². The van der Waals surface area contributed by atoms with Crippen LogP contribution in [-0.2, 0) is 0 Å². The zero-order valence-corrected chi connectivity index (χ0v) is 11.5. The van der Waals surface area contributed by atoms with Gasteiger partial charge in [-0.1, -0.05) is 23.7 Å². The number of aromatic nitrogens is 1. The quantitative estimate of drug-likeness (QED) is 0.855. The maximum absolute atomic E-state index is 12.8. The molecule has 0 aliphatic carbocycles. The fraction of sp³-hybridized carbons (Fsp3) is 0.143. The molecule has 1 amide bonds. The van der Waals surface area contributed by atoms with Crippen molar-refractivity contribution in [3.05, 3.63) is 58.6 Å². The van der Waals surface area contributed by atoms with Crippen molar-refractivity contribution >= 4 is 23.2 Å². The maximum atomic E-state index is 12.8. The Kier molecular flexibility index (Phi) is 4.20. The van der Waals surface area contributed by atoms with Crippen LogP contribution >= 0.6 is 11.6 Å². The van der Waals surface area contributed by atoms with Crippen LogP contribution in [0.25, 0.3) is 0 Å². The van der Waals surface area contributed by atoms with Gasteiger partial charge >= 0.3 is 0 Å². The molecule has 1 aromatic carbocycles. The van der Waals surface area contributed by atoms with E-state index in [2.05, 4.69) is 10.3 Å². The molecule has 0 aliphatic heterocycles. The summed E-state index contributed by atoms with van der Waals surface area (Å²) in [4.78, 5) is 15.9. The largest absolute Gasteiger partial charge is 0.397 e. The van der Waals surface area contributed by atoms with Crippen LogP contribution in [0.2, 0.25) is 5.15 Å². The molecule has 4 nitrogen and oxygen atoms in total. The third-order valence-corrected chi connectivity index (χ3v) is 3.12. The van der Waals surface area contributed by atoms with Crippen LogP contribution < -0.4 is 11.1 Å². The van der Waals surface area contributed by atoms with Crippen LogP contribution in [0.3, 0.4) is 0 Å². The molecule has 0 spiro atoms. The average molecular weight is 294 g/mol. The number of benzene rings is 1. The van der Waals surface area contributed by atoms with Gasteiger partial charge < -0.3 is 11.1 Å². The number of pyridine rings is 1. The summed E-state index contributed by atoms with van der Waals surface area (Å²) < 4.78 is 12.8. The van der Waals surface area contributed by atoms with Gasteiger partial charge in [0.1, 0.15) is 11.0 Å². The van der Waals surface area contributed by atoms with Crippen molar-refractivity contribution in [2.24, 2.45) is 0 Å². The van der Waals surface area contributed by atoms with Gasteiger partial charge in [0.2, 0.25) is 0 Å². The molecule has 2 aromatic rings. The number of anilines is 1. The minimum atomic E-state index is -0.383. The fourth-order valence-electron chi connectivity index (χ4n) is 1.73. The van der Waals surface area contributed by atoms with Gasteiger partial charge in [-0.2, -0.15) is 0 Å². The first-order valence-corrected chi connectivity index (χ1v) is 6.32. The molecule has 0 radical (unpaired) electrons. The molecule has 1 atom stereocenters. The molecule has 1 unspecified atom stereocenters. The molecule has 1 heterocycles. The Morgan fingerprint density at radius 3 is 2.70 bits per heavy atom. The Bertz CT molecular complexity index is 631. The lowest BCUT2D eigenvalue weighted by Crippen LogP contribution is -2.27. The minimum Gasteiger partial charge on any atom is -0.397 e. The van der Waals surface area contributed by atoms with Crippen molar-refractivity contribution in [2.45, 2.75) is 13.0 Å². The molecular weight excluding hydrogens is 281 g/mol. The number of carbonyl (C=O) groups is 1. The van der Waals surface area contributed by atoms with E-state index in [9.17, 15) is 9.18 Å². The van der Waals surface area contributed by atoms with Gasteiger partial charge in [-0.3, -0.25) is 4.79 Å². The summed E-state index contributed by atoms with van der Waals surface area (Å²) in [5.41, 5.74) is 6.93. The second-order valence-corrected chi connectivity index (χ2v) is 4.71. The summed E-state index contributed by atoms with van der Waals surface area (Å²) in [6.45, 7) is 1.79. The number of amides is 1. The number of carbonyl (C=O) groups excluding carboxylic acids is 1. The molecular formula is C14H13ClFN3O. The highest BCUT2D eigenvalue weighted by molar-refractivity contribution is 6.32. The van der Waals surface area contributed by atoms with E-state index >= 15 is 0 Å². The van der Waals surface area contributed by atoms with E-state index in [1.807, 2.05) is 0 Å². The summed E-state index contributed by atoms with van der Waals surface area (Å²) >= 11 is 5.86. The van der Waals surface area contributed by atoms with E-state index in [0.29, 0.717) is 5.69 Å². The smallest absolute Gasteiger partial charge is 0.254 e. The van der Waals surface area contributed by atoms with Crippen molar-refractivity contribution in [3.63, 3.8) is 0 Å². The lowest BCUT2D eigenvalue weighted by Gasteiger charge is -2.15. The maximum Gasteiger partial charge on any atom is 0.254 e. The van der Waals surface area contributed by atoms with Gasteiger partial charge in [-0.25, -0.2) is 9.37 Å². The van der Waals surface area contributed by atoms with Gasteiger partial charge in [0, 0.05) is 0 Å². The van der Waals surface area contributed by atoms with Crippen molar-refractivity contribution in [1.29, 1.82) is 0 Å². The van der Waals surface area contributed by atoms with Crippen molar-refractivity contribution < 1.29 is 9.18 Å². The zero-order chi connectivity index (χ0) is 14.7. The summed E-state index contributed by atoms with van der Waals surface area (Å²) in [5, 5.41) is 2.84. The number of nitrogen functional groups attached to an aromatic ring is 1. The molecule has 0 bridgehead atoms. The first-order valence-electron chi connectivity index (χ1n) is 5.94. The Morgan fingerprint density at radius 2 is 2.05 bits per heavy atom. The first-order chi connectivity index (χ1) is 9.47. The van der Waals surface area contributed by atoms with Crippen LogP contribution in [0, 0.1) is 5.82 Å². The fourth-order valence-corrected chi connectivity index (χ4v) is 1.92. The molecule has 0 saturated carbocycles. The van der Waals surface area contributed by atoms with Gasteiger partial charge in [-0.05, 0) is 30.7 Å². The molecule has 2 rings (SSSR count). The Hall–Kier alpha value is -2.14. The Morgan fingerprint density at radius 1 is 1.40 bits per heavy atom. The van der Waals surface area contributed by atoms with Gasteiger partial charge in [0.05, 0.1) is 23.5 Å².